The van der Waals surface area contributed by atoms with E-state index in [0.717, 1.165) is 5.69 Å². The summed E-state index contributed by atoms with van der Waals surface area (Å²) in [6.07, 6.45) is 4.90. The van der Waals surface area contributed by atoms with Crippen molar-refractivity contribution in [1.29, 1.82) is 0 Å². The van der Waals surface area contributed by atoms with Gasteiger partial charge in [0.05, 0.1) is 19.5 Å². The smallest absolute Gasteiger partial charge is 0.358 e. The minimum absolute atomic E-state index is 0.186. The van der Waals surface area contributed by atoms with Crippen LogP contribution in [0.3, 0.4) is 0 Å². The summed E-state index contributed by atoms with van der Waals surface area (Å²) in [6, 6.07) is 7.95. The van der Waals surface area contributed by atoms with Gasteiger partial charge in [-0.25, -0.2) is 14.8 Å². The van der Waals surface area contributed by atoms with E-state index in [-0.39, 0.29) is 5.69 Å². The first kappa shape index (κ1) is 13.4. The first-order chi connectivity index (χ1) is 9.22. The number of rotatable bonds is 4. The molecule has 2 aromatic rings. The molecule has 19 heavy (non-hydrogen) atoms. The SMILES string of the molecule is COC(=O)c1cnc(Nc2ccc(SC)cc2)cn1. The Labute approximate surface area is 115 Å². The molecule has 0 unspecified atom stereocenters. The van der Waals surface area contributed by atoms with Gasteiger partial charge >= 0.3 is 5.97 Å². The number of aromatic nitrogens is 2. The van der Waals surface area contributed by atoms with Gasteiger partial charge in [0, 0.05) is 10.6 Å². The van der Waals surface area contributed by atoms with Gasteiger partial charge in [0.2, 0.25) is 0 Å². The quantitative estimate of drug-likeness (QED) is 0.683. The van der Waals surface area contributed by atoms with E-state index >= 15 is 0 Å². The van der Waals surface area contributed by atoms with Crippen LogP contribution in [0, 0.1) is 0 Å². The standard InChI is InChI=1S/C13H13N3O2S/c1-18-13(17)11-7-15-12(8-14-11)16-9-3-5-10(19-2)6-4-9/h3-8H,1-2H3,(H,15,16). The van der Waals surface area contributed by atoms with Crippen LogP contribution < -0.4 is 5.32 Å². The molecule has 0 aliphatic rings. The molecule has 0 amide bonds. The highest BCUT2D eigenvalue weighted by atomic mass is 32.2. The molecule has 0 aliphatic carbocycles. The Morgan fingerprint density at radius 3 is 2.47 bits per heavy atom. The number of carbonyl (C=O) groups is 1. The average molecular weight is 275 g/mol. The summed E-state index contributed by atoms with van der Waals surface area (Å²) in [5, 5.41) is 3.10. The molecular formula is C13H13N3O2S. The number of hydrogen-bond acceptors (Lipinski definition) is 6. The van der Waals surface area contributed by atoms with Gasteiger partial charge in [-0.3, -0.25) is 0 Å². The highest BCUT2D eigenvalue weighted by molar-refractivity contribution is 7.98. The molecule has 0 saturated carbocycles. The van der Waals surface area contributed by atoms with Crippen molar-refractivity contribution in [2.45, 2.75) is 4.90 Å². The summed E-state index contributed by atoms with van der Waals surface area (Å²) in [7, 11) is 1.31. The molecule has 0 saturated heterocycles. The normalized spacial score (nSPS) is 10.0. The highest BCUT2D eigenvalue weighted by Crippen LogP contribution is 2.19. The van der Waals surface area contributed by atoms with Crippen molar-refractivity contribution >= 4 is 29.2 Å². The predicted octanol–water partition coefficient (Wildman–Crippen LogP) is 2.73. The van der Waals surface area contributed by atoms with Gasteiger partial charge in [-0.15, -0.1) is 11.8 Å². The van der Waals surface area contributed by atoms with E-state index in [1.54, 1.807) is 11.8 Å². The second kappa shape index (κ2) is 6.19. The number of benzene rings is 1. The van der Waals surface area contributed by atoms with E-state index in [4.69, 9.17) is 0 Å². The molecule has 98 valence electrons. The summed E-state index contributed by atoms with van der Waals surface area (Å²) < 4.78 is 4.56. The lowest BCUT2D eigenvalue weighted by atomic mass is 10.3. The number of anilines is 2. The zero-order chi connectivity index (χ0) is 13.7. The summed E-state index contributed by atoms with van der Waals surface area (Å²) in [4.78, 5) is 20.5. The van der Waals surface area contributed by atoms with Crippen LogP contribution in [0.2, 0.25) is 0 Å². The van der Waals surface area contributed by atoms with E-state index in [9.17, 15) is 4.79 Å². The fourth-order valence-corrected chi connectivity index (χ4v) is 1.83. The summed E-state index contributed by atoms with van der Waals surface area (Å²) >= 11 is 1.68. The molecule has 2 rings (SSSR count). The molecule has 0 fully saturated rings. The van der Waals surface area contributed by atoms with Crippen LogP contribution in [0.5, 0.6) is 0 Å². The van der Waals surface area contributed by atoms with Gasteiger partial charge < -0.3 is 10.1 Å². The first-order valence-electron chi connectivity index (χ1n) is 5.54. The third-order valence-corrected chi connectivity index (χ3v) is 3.15. The van der Waals surface area contributed by atoms with Crippen LogP contribution in [0.4, 0.5) is 11.5 Å². The number of ether oxygens (including phenoxy) is 1. The number of nitrogens with zero attached hydrogens (tertiary/aromatic N) is 2. The van der Waals surface area contributed by atoms with Gasteiger partial charge in [-0.05, 0) is 30.5 Å². The Balaban J connectivity index is 2.08. The van der Waals surface area contributed by atoms with Gasteiger partial charge in [0.1, 0.15) is 5.82 Å². The van der Waals surface area contributed by atoms with Crippen molar-refractivity contribution in [3.05, 3.63) is 42.4 Å². The lowest BCUT2D eigenvalue weighted by Crippen LogP contribution is -2.05. The maximum atomic E-state index is 11.2. The van der Waals surface area contributed by atoms with Crippen LogP contribution in [-0.4, -0.2) is 29.3 Å². The van der Waals surface area contributed by atoms with Crippen LogP contribution in [0.1, 0.15) is 10.5 Å². The van der Waals surface area contributed by atoms with Gasteiger partial charge in [0.25, 0.3) is 0 Å². The molecule has 5 nitrogen and oxygen atoms in total. The largest absolute Gasteiger partial charge is 0.464 e. The van der Waals surface area contributed by atoms with E-state index in [1.807, 2.05) is 30.5 Å². The van der Waals surface area contributed by atoms with Crippen molar-refractivity contribution in [3.8, 4) is 0 Å². The van der Waals surface area contributed by atoms with Crippen molar-refractivity contribution in [1.82, 2.24) is 9.97 Å². The molecule has 1 aromatic heterocycles. The molecule has 1 N–H and O–H groups in total. The number of carbonyl (C=O) groups excluding carboxylic acids is 1. The summed E-state index contributed by atoms with van der Waals surface area (Å²) in [5.41, 5.74) is 1.10. The lowest BCUT2D eigenvalue weighted by Gasteiger charge is -2.06. The van der Waals surface area contributed by atoms with Crippen molar-refractivity contribution in [2.24, 2.45) is 0 Å². The Bertz CT molecular complexity index is 555. The highest BCUT2D eigenvalue weighted by Gasteiger charge is 2.07. The molecule has 1 aromatic carbocycles. The minimum Gasteiger partial charge on any atom is -0.464 e. The minimum atomic E-state index is -0.497. The third kappa shape index (κ3) is 3.45. The molecule has 0 atom stereocenters. The maximum Gasteiger partial charge on any atom is 0.358 e. The predicted molar refractivity (Wildman–Crippen MR) is 74.9 cm³/mol. The molecule has 0 radical (unpaired) electrons. The molecule has 0 aliphatic heterocycles. The summed E-state index contributed by atoms with van der Waals surface area (Å²) in [5.74, 6) is 0.0768. The van der Waals surface area contributed by atoms with Gasteiger partial charge in [0.15, 0.2) is 5.69 Å². The number of methoxy groups -OCH3 is 1. The van der Waals surface area contributed by atoms with Crippen LogP contribution in [0.15, 0.2) is 41.6 Å². The Morgan fingerprint density at radius 2 is 1.95 bits per heavy atom. The van der Waals surface area contributed by atoms with E-state index in [0.29, 0.717) is 5.82 Å². The van der Waals surface area contributed by atoms with Crippen LogP contribution in [-0.2, 0) is 4.74 Å². The zero-order valence-corrected chi connectivity index (χ0v) is 11.4. The Morgan fingerprint density at radius 1 is 1.21 bits per heavy atom. The number of esters is 1. The molecule has 0 bridgehead atoms. The Hall–Kier alpha value is -2.08. The molecule has 0 spiro atoms. The number of nitrogens with one attached hydrogen (secondary N) is 1. The van der Waals surface area contributed by atoms with Crippen molar-refractivity contribution in [3.63, 3.8) is 0 Å². The molecule has 6 heteroatoms. The van der Waals surface area contributed by atoms with Crippen molar-refractivity contribution < 1.29 is 9.53 Å². The molecule has 1 heterocycles. The summed E-state index contributed by atoms with van der Waals surface area (Å²) in [6.45, 7) is 0. The second-order valence-electron chi connectivity index (χ2n) is 3.63. The van der Waals surface area contributed by atoms with Crippen LogP contribution in [0.25, 0.3) is 0 Å². The second-order valence-corrected chi connectivity index (χ2v) is 4.51. The number of thioether (sulfide) groups is 1. The first-order valence-corrected chi connectivity index (χ1v) is 6.77. The average Bonchev–Trinajstić information content (AvgIpc) is 2.48. The fourth-order valence-electron chi connectivity index (χ4n) is 1.42. The van der Waals surface area contributed by atoms with E-state index in [1.165, 1.54) is 24.4 Å². The van der Waals surface area contributed by atoms with E-state index < -0.39 is 5.97 Å². The number of hydrogen-bond donors (Lipinski definition) is 1. The topological polar surface area (TPSA) is 64.1 Å². The third-order valence-electron chi connectivity index (χ3n) is 2.41. The van der Waals surface area contributed by atoms with Gasteiger partial charge in [-0.2, -0.15) is 0 Å². The van der Waals surface area contributed by atoms with Gasteiger partial charge in [-0.1, -0.05) is 0 Å². The Kier molecular flexibility index (Phi) is 4.35. The van der Waals surface area contributed by atoms with Crippen molar-refractivity contribution in [2.75, 3.05) is 18.7 Å². The maximum absolute atomic E-state index is 11.2. The molecular weight excluding hydrogens is 262 g/mol. The fraction of sp³-hybridized carbons (Fsp3) is 0.154. The monoisotopic (exact) mass is 275 g/mol. The van der Waals surface area contributed by atoms with Crippen LogP contribution >= 0.6 is 11.8 Å². The lowest BCUT2D eigenvalue weighted by molar-refractivity contribution is 0.0593. The zero-order valence-electron chi connectivity index (χ0n) is 10.6. The van der Waals surface area contributed by atoms with E-state index in [2.05, 4.69) is 20.0 Å².